The van der Waals surface area contributed by atoms with Crippen molar-refractivity contribution >= 4 is 17.7 Å². The average Bonchev–Trinajstić information content (AvgIpc) is 2.97. The standard InChI is InChI=1S/C18H25N5OS/c1-12-3-7-14(8-4-12)17-21-22-18(23(17)19)25-11-16(24)20-15-9-5-13(2)6-10-15/h3-4,7-8,13,15H,5-6,9-11,19H2,1-2H3,(H,20,24). The quantitative estimate of drug-likeness (QED) is 0.633. The Balaban J connectivity index is 1.55. The first-order valence-electron chi connectivity index (χ1n) is 8.72. The molecular formula is C18H25N5OS. The predicted octanol–water partition coefficient (Wildman–Crippen LogP) is 2.75. The number of nitrogen functional groups attached to an aromatic ring is 1. The molecule has 134 valence electrons. The van der Waals surface area contributed by atoms with Gasteiger partial charge in [-0.05, 0) is 38.5 Å². The predicted molar refractivity (Wildman–Crippen MR) is 101 cm³/mol. The van der Waals surface area contributed by atoms with E-state index in [1.165, 1.54) is 34.8 Å². The lowest BCUT2D eigenvalue weighted by atomic mass is 9.87. The highest BCUT2D eigenvalue weighted by Crippen LogP contribution is 2.24. The molecule has 0 saturated heterocycles. The maximum atomic E-state index is 12.2. The normalized spacial score (nSPS) is 20.4. The second-order valence-electron chi connectivity index (χ2n) is 6.86. The van der Waals surface area contributed by atoms with Crippen LogP contribution in [0.15, 0.2) is 29.4 Å². The summed E-state index contributed by atoms with van der Waals surface area (Å²) in [7, 11) is 0. The Kier molecular flexibility index (Phi) is 5.63. The van der Waals surface area contributed by atoms with Crippen molar-refractivity contribution in [3.63, 3.8) is 0 Å². The lowest BCUT2D eigenvalue weighted by Gasteiger charge is -2.26. The summed E-state index contributed by atoms with van der Waals surface area (Å²) in [5.41, 5.74) is 2.09. The first kappa shape index (κ1) is 17.8. The highest BCUT2D eigenvalue weighted by molar-refractivity contribution is 7.99. The molecule has 7 heteroatoms. The molecule has 0 unspecified atom stereocenters. The fraction of sp³-hybridized carbons (Fsp3) is 0.500. The molecule has 1 saturated carbocycles. The van der Waals surface area contributed by atoms with Crippen molar-refractivity contribution in [3.05, 3.63) is 29.8 Å². The number of nitrogens with one attached hydrogen (secondary N) is 1. The number of carbonyl (C=O) groups is 1. The highest BCUT2D eigenvalue weighted by Gasteiger charge is 2.20. The van der Waals surface area contributed by atoms with Gasteiger partial charge in [0.05, 0.1) is 5.75 Å². The molecule has 2 aromatic rings. The van der Waals surface area contributed by atoms with Gasteiger partial charge >= 0.3 is 0 Å². The average molecular weight is 359 g/mol. The molecule has 1 heterocycles. The van der Waals surface area contributed by atoms with E-state index in [1.54, 1.807) is 0 Å². The SMILES string of the molecule is Cc1ccc(-c2nnc(SCC(=O)NC3CCC(C)CC3)n2N)cc1. The Morgan fingerprint density at radius 2 is 1.92 bits per heavy atom. The number of thioether (sulfide) groups is 1. The van der Waals surface area contributed by atoms with Crippen LogP contribution in [0.25, 0.3) is 11.4 Å². The van der Waals surface area contributed by atoms with Crippen molar-refractivity contribution in [2.24, 2.45) is 5.92 Å². The minimum absolute atomic E-state index is 0.0319. The van der Waals surface area contributed by atoms with Gasteiger partial charge in [0.15, 0.2) is 5.82 Å². The topological polar surface area (TPSA) is 85.8 Å². The molecule has 1 aromatic carbocycles. The van der Waals surface area contributed by atoms with Crippen LogP contribution < -0.4 is 11.2 Å². The molecule has 3 rings (SSSR count). The molecule has 3 N–H and O–H groups in total. The van der Waals surface area contributed by atoms with Crippen LogP contribution in [0.5, 0.6) is 0 Å². The van der Waals surface area contributed by atoms with Crippen LogP contribution >= 0.6 is 11.8 Å². The van der Waals surface area contributed by atoms with Crippen LogP contribution in [0, 0.1) is 12.8 Å². The lowest BCUT2D eigenvalue weighted by molar-refractivity contribution is -0.119. The first-order valence-corrected chi connectivity index (χ1v) is 9.71. The molecular weight excluding hydrogens is 334 g/mol. The van der Waals surface area contributed by atoms with Gasteiger partial charge in [-0.25, -0.2) is 4.68 Å². The number of nitrogens with zero attached hydrogens (tertiary/aromatic N) is 3. The Morgan fingerprint density at radius 3 is 2.60 bits per heavy atom. The summed E-state index contributed by atoms with van der Waals surface area (Å²) in [5, 5.41) is 11.9. The third-order valence-electron chi connectivity index (χ3n) is 4.69. The maximum absolute atomic E-state index is 12.2. The van der Waals surface area contributed by atoms with E-state index in [0.29, 0.717) is 22.8 Å². The number of carbonyl (C=O) groups excluding carboxylic acids is 1. The Morgan fingerprint density at radius 1 is 1.24 bits per heavy atom. The molecule has 0 aliphatic heterocycles. The molecule has 1 fully saturated rings. The molecule has 25 heavy (non-hydrogen) atoms. The van der Waals surface area contributed by atoms with Crippen molar-refractivity contribution < 1.29 is 4.79 Å². The van der Waals surface area contributed by atoms with Crippen molar-refractivity contribution in [1.29, 1.82) is 0 Å². The van der Waals surface area contributed by atoms with E-state index in [0.717, 1.165) is 24.3 Å². The smallest absolute Gasteiger partial charge is 0.230 e. The summed E-state index contributed by atoms with van der Waals surface area (Å²) in [6.07, 6.45) is 4.52. The zero-order valence-electron chi connectivity index (χ0n) is 14.7. The summed E-state index contributed by atoms with van der Waals surface area (Å²) in [5.74, 6) is 7.81. The molecule has 0 spiro atoms. The third kappa shape index (κ3) is 4.54. The molecule has 6 nitrogen and oxygen atoms in total. The van der Waals surface area contributed by atoms with Gasteiger partial charge in [0.25, 0.3) is 0 Å². The molecule has 0 bridgehead atoms. The molecule has 1 amide bonds. The number of rotatable bonds is 5. The summed E-state index contributed by atoms with van der Waals surface area (Å²) in [6.45, 7) is 4.30. The number of aromatic nitrogens is 3. The fourth-order valence-corrected chi connectivity index (χ4v) is 3.75. The number of amides is 1. The second-order valence-corrected chi connectivity index (χ2v) is 7.80. The van der Waals surface area contributed by atoms with Crippen molar-refractivity contribution in [3.8, 4) is 11.4 Å². The Hall–Kier alpha value is -2.02. The van der Waals surface area contributed by atoms with E-state index >= 15 is 0 Å². The summed E-state index contributed by atoms with van der Waals surface area (Å²) < 4.78 is 1.45. The number of benzene rings is 1. The molecule has 1 aliphatic rings. The van der Waals surface area contributed by atoms with E-state index < -0.39 is 0 Å². The van der Waals surface area contributed by atoms with E-state index in [4.69, 9.17) is 5.84 Å². The van der Waals surface area contributed by atoms with E-state index in [2.05, 4.69) is 22.4 Å². The van der Waals surface area contributed by atoms with Gasteiger partial charge in [0.1, 0.15) is 0 Å². The van der Waals surface area contributed by atoms with Gasteiger partial charge in [0.2, 0.25) is 11.1 Å². The monoisotopic (exact) mass is 359 g/mol. The summed E-state index contributed by atoms with van der Waals surface area (Å²) in [4.78, 5) is 12.2. The van der Waals surface area contributed by atoms with Crippen molar-refractivity contribution in [2.45, 2.75) is 50.7 Å². The fourth-order valence-electron chi connectivity index (χ4n) is 3.08. The lowest BCUT2D eigenvalue weighted by Crippen LogP contribution is -2.38. The summed E-state index contributed by atoms with van der Waals surface area (Å²) >= 11 is 1.32. The number of nitrogens with two attached hydrogens (primary N) is 1. The number of aryl methyl sites for hydroxylation is 1. The van der Waals surface area contributed by atoms with Crippen molar-refractivity contribution in [2.75, 3.05) is 11.6 Å². The minimum atomic E-state index is 0.0319. The van der Waals surface area contributed by atoms with Crippen LogP contribution in [0.4, 0.5) is 0 Å². The Labute approximate surface area is 152 Å². The molecule has 0 atom stereocenters. The largest absolute Gasteiger partial charge is 0.353 e. The molecule has 0 radical (unpaired) electrons. The summed E-state index contributed by atoms with van der Waals surface area (Å²) in [6, 6.07) is 8.26. The zero-order valence-corrected chi connectivity index (χ0v) is 15.6. The first-order chi connectivity index (χ1) is 12.0. The van der Waals surface area contributed by atoms with Crippen LogP contribution in [0.2, 0.25) is 0 Å². The Bertz CT molecular complexity index is 720. The van der Waals surface area contributed by atoms with Gasteiger partial charge < -0.3 is 11.2 Å². The second kappa shape index (κ2) is 7.91. The van der Waals surface area contributed by atoms with Gasteiger partial charge in [0, 0.05) is 11.6 Å². The van der Waals surface area contributed by atoms with Crippen LogP contribution in [-0.2, 0) is 4.79 Å². The third-order valence-corrected chi connectivity index (χ3v) is 5.63. The maximum Gasteiger partial charge on any atom is 0.230 e. The van der Waals surface area contributed by atoms with E-state index in [1.807, 2.05) is 31.2 Å². The van der Waals surface area contributed by atoms with Crippen LogP contribution in [0.3, 0.4) is 0 Å². The van der Waals surface area contributed by atoms with Gasteiger partial charge in [-0.3, -0.25) is 4.79 Å². The highest BCUT2D eigenvalue weighted by atomic mass is 32.2. The molecule has 1 aliphatic carbocycles. The number of hydrogen-bond acceptors (Lipinski definition) is 5. The number of hydrogen-bond donors (Lipinski definition) is 2. The zero-order chi connectivity index (χ0) is 17.8. The van der Waals surface area contributed by atoms with Gasteiger partial charge in [-0.2, -0.15) is 0 Å². The van der Waals surface area contributed by atoms with Crippen LogP contribution in [-0.4, -0.2) is 32.6 Å². The van der Waals surface area contributed by atoms with Crippen molar-refractivity contribution in [1.82, 2.24) is 20.2 Å². The van der Waals surface area contributed by atoms with Gasteiger partial charge in [-0.1, -0.05) is 48.5 Å². The van der Waals surface area contributed by atoms with E-state index in [-0.39, 0.29) is 5.91 Å². The molecule has 1 aromatic heterocycles. The van der Waals surface area contributed by atoms with Gasteiger partial charge in [-0.15, -0.1) is 10.2 Å². The van der Waals surface area contributed by atoms with Crippen LogP contribution in [0.1, 0.15) is 38.2 Å². The van der Waals surface area contributed by atoms with E-state index in [9.17, 15) is 4.79 Å². The minimum Gasteiger partial charge on any atom is -0.353 e.